The van der Waals surface area contributed by atoms with Gasteiger partial charge in [0.15, 0.2) is 0 Å². The van der Waals surface area contributed by atoms with Crippen molar-refractivity contribution in [3.63, 3.8) is 0 Å². The van der Waals surface area contributed by atoms with Crippen LogP contribution in [-0.4, -0.2) is 31.3 Å². The van der Waals surface area contributed by atoms with Gasteiger partial charge in [0, 0.05) is 18.0 Å². The third-order valence-corrected chi connectivity index (χ3v) is 1.92. The molecule has 0 spiro atoms. The van der Waals surface area contributed by atoms with Gasteiger partial charge in [0.25, 0.3) is 0 Å². The van der Waals surface area contributed by atoms with Crippen molar-refractivity contribution in [1.29, 1.82) is 0 Å². The molecule has 0 saturated carbocycles. The molecule has 74 valence electrons. The van der Waals surface area contributed by atoms with E-state index in [-0.39, 0.29) is 0 Å². The van der Waals surface area contributed by atoms with Crippen LogP contribution in [0, 0.1) is 0 Å². The molecule has 0 bridgehead atoms. The quantitative estimate of drug-likeness (QED) is 0.478. The molecule has 1 unspecified atom stereocenters. The fourth-order valence-electron chi connectivity index (χ4n) is 0.831. The molecule has 1 atom stereocenters. The summed E-state index contributed by atoms with van der Waals surface area (Å²) in [6, 6.07) is 0. The molecule has 0 aliphatic carbocycles. The predicted molar refractivity (Wildman–Crippen MR) is 54.9 cm³/mol. The van der Waals surface area contributed by atoms with Gasteiger partial charge >= 0.3 is 0 Å². The van der Waals surface area contributed by atoms with Crippen LogP contribution in [-0.2, 0) is 9.47 Å². The SMILES string of the molecule is CCOCCOCCCC(C)Br. The van der Waals surface area contributed by atoms with Gasteiger partial charge in [-0.1, -0.05) is 22.9 Å². The Hall–Kier alpha value is 0.400. The normalized spacial score (nSPS) is 13.2. The van der Waals surface area contributed by atoms with Gasteiger partial charge in [-0.05, 0) is 19.8 Å². The zero-order valence-corrected chi connectivity index (χ0v) is 9.60. The van der Waals surface area contributed by atoms with Crippen LogP contribution in [0.1, 0.15) is 26.7 Å². The van der Waals surface area contributed by atoms with Crippen molar-refractivity contribution >= 4 is 15.9 Å². The lowest BCUT2D eigenvalue weighted by atomic mass is 10.3. The molecule has 0 aromatic heterocycles. The maximum absolute atomic E-state index is 5.34. The van der Waals surface area contributed by atoms with Crippen LogP contribution in [0.5, 0.6) is 0 Å². The molecule has 0 fully saturated rings. The Kier molecular flexibility index (Phi) is 9.80. The van der Waals surface area contributed by atoms with Crippen molar-refractivity contribution in [3.05, 3.63) is 0 Å². The largest absolute Gasteiger partial charge is 0.379 e. The summed E-state index contributed by atoms with van der Waals surface area (Å²) in [5.74, 6) is 0. The summed E-state index contributed by atoms with van der Waals surface area (Å²) < 4.78 is 10.5. The molecule has 0 heterocycles. The summed E-state index contributed by atoms with van der Waals surface area (Å²) in [4.78, 5) is 0.605. The summed E-state index contributed by atoms with van der Waals surface area (Å²) in [6.45, 7) is 7.22. The van der Waals surface area contributed by atoms with Crippen LogP contribution >= 0.6 is 15.9 Å². The number of hydrogen-bond donors (Lipinski definition) is 0. The van der Waals surface area contributed by atoms with Gasteiger partial charge in [0.05, 0.1) is 13.2 Å². The molecule has 0 rings (SSSR count). The fraction of sp³-hybridized carbons (Fsp3) is 1.00. The number of hydrogen-bond acceptors (Lipinski definition) is 2. The van der Waals surface area contributed by atoms with Crippen molar-refractivity contribution in [3.8, 4) is 0 Å². The molecular weight excluding hydrogens is 220 g/mol. The Morgan fingerprint density at radius 1 is 1.17 bits per heavy atom. The highest BCUT2D eigenvalue weighted by atomic mass is 79.9. The summed E-state index contributed by atoms with van der Waals surface area (Å²) in [5, 5.41) is 0. The van der Waals surface area contributed by atoms with E-state index in [4.69, 9.17) is 9.47 Å². The molecule has 0 amide bonds. The Balaban J connectivity index is 2.82. The lowest BCUT2D eigenvalue weighted by Crippen LogP contribution is -2.05. The van der Waals surface area contributed by atoms with Crippen molar-refractivity contribution in [2.45, 2.75) is 31.5 Å². The van der Waals surface area contributed by atoms with Crippen LogP contribution < -0.4 is 0 Å². The smallest absolute Gasteiger partial charge is 0.0700 e. The van der Waals surface area contributed by atoms with E-state index in [0.29, 0.717) is 4.83 Å². The molecule has 3 heteroatoms. The van der Waals surface area contributed by atoms with Gasteiger partial charge in [0.2, 0.25) is 0 Å². The van der Waals surface area contributed by atoms with Gasteiger partial charge < -0.3 is 9.47 Å². The molecule has 12 heavy (non-hydrogen) atoms. The number of ether oxygens (including phenoxy) is 2. The van der Waals surface area contributed by atoms with E-state index < -0.39 is 0 Å². The minimum Gasteiger partial charge on any atom is -0.379 e. The Morgan fingerprint density at radius 3 is 2.42 bits per heavy atom. The average molecular weight is 239 g/mol. The molecule has 0 aliphatic heterocycles. The maximum Gasteiger partial charge on any atom is 0.0700 e. The summed E-state index contributed by atoms with van der Waals surface area (Å²) in [7, 11) is 0. The second kappa shape index (κ2) is 9.49. The van der Waals surface area contributed by atoms with E-state index in [9.17, 15) is 0 Å². The van der Waals surface area contributed by atoms with Crippen molar-refractivity contribution < 1.29 is 9.47 Å². The van der Waals surface area contributed by atoms with E-state index in [1.54, 1.807) is 0 Å². The first kappa shape index (κ1) is 12.4. The van der Waals surface area contributed by atoms with E-state index in [2.05, 4.69) is 22.9 Å². The molecule has 0 N–H and O–H groups in total. The van der Waals surface area contributed by atoms with Crippen molar-refractivity contribution in [2.24, 2.45) is 0 Å². The Labute approximate surface area is 83.8 Å². The molecule has 0 aromatic carbocycles. The van der Waals surface area contributed by atoms with Gasteiger partial charge in [0.1, 0.15) is 0 Å². The molecule has 0 saturated heterocycles. The zero-order chi connectivity index (χ0) is 9.23. The molecule has 2 nitrogen and oxygen atoms in total. The molecule has 0 aromatic rings. The second-order valence-electron chi connectivity index (χ2n) is 2.73. The van der Waals surface area contributed by atoms with Crippen LogP contribution in [0.3, 0.4) is 0 Å². The molecule has 0 aliphatic rings. The number of alkyl halides is 1. The number of rotatable bonds is 8. The first-order valence-corrected chi connectivity index (χ1v) is 5.48. The number of halogens is 1. The highest BCUT2D eigenvalue weighted by Crippen LogP contribution is 2.05. The second-order valence-corrected chi connectivity index (χ2v) is 4.30. The highest BCUT2D eigenvalue weighted by molar-refractivity contribution is 9.09. The monoisotopic (exact) mass is 238 g/mol. The van der Waals surface area contributed by atoms with E-state index >= 15 is 0 Å². The highest BCUT2D eigenvalue weighted by Gasteiger charge is 1.94. The first-order valence-electron chi connectivity index (χ1n) is 4.57. The van der Waals surface area contributed by atoms with E-state index in [1.165, 1.54) is 6.42 Å². The standard InChI is InChI=1S/C9H19BrO2/c1-3-11-7-8-12-6-4-5-9(2)10/h9H,3-8H2,1-2H3. The summed E-state index contributed by atoms with van der Waals surface area (Å²) in [5.41, 5.74) is 0. The van der Waals surface area contributed by atoms with Crippen LogP contribution in [0.25, 0.3) is 0 Å². The average Bonchev–Trinajstić information content (AvgIpc) is 2.02. The van der Waals surface area contributed by atoms with Gasteiger partial charge in [-0.15, -0.1) is 0 Å². The third-order valence-electron chi connectivity index (χ3n) is 1.47. The van der Waals surface area contributed by atoms with Crippen LogP contribution in [0.15, 0.2) is 0 Å². The van der Waals surface area contributed by atoms with Crippen LogP contribution in [0.2, 0.25) is 0 Å². The topological polar surface area (TPSA) is 18.5 Å². The minimum absolute atomic E-state index is 0.605. The van der Waals surface area contributed by atoms with Gasteiger partial charge in [-0.25, -0.2) is 0 Å². The first-order chi connectivity index (χ1) is 5.77. The van der Waals surface area contributed by atoms with Crippen molar-refractivity contribution in [2.75, 3.05) is 26.4 Å². The molecular formula is C9H19BrO2. The lowest BCUT2D eigenvalue weighted by Gasteiger charge is -2.05. The lowest BCUT2D eigenvalue weighted by molar-refractivity contribution is 0.0515. The maximum atomic E-state index is 5.34. The predicted octanol–water partition coefficient (Wildman–Crippen LogP) is 2.60. The summed E-state index contributed by atoms with van der Waals surface area (Å²) >= 11 is 3.49. The van der Waals surface area contributed by atoms with Crippen LogP contribution in [0.4, 0.5) is 0 Å². The third kappa shape index (κ3) is 10.4. The Bertz CT molecular complexity index is 86.6. The summed E-state index contributed by atoms with van der Waals surface area (Å²) in [6.07, 6.45) is 2.30. The van der Waals surface area contributed by atoms with Gasteiger partial charge in [-0.2, -0.15) is 0 Å². The zero-order valence-electron chi connectivity index (χ0n) is 8.01. The van der Waals surface area contributed by atoms with E-state index in [1.807, 2.05) is 6.92 Å². The Morgan fingerprint density at radius 2 is 1.83 bits per heavy atom. The fourth-order valence-corrected chi connectivity index (χ4v) is 1.15. The van der Waals surface area contributed by atoms with E-state index in [0.717, 1.165) is 32.8 Å². The minimum atomic E-state index is 0.605. The van der Waals surface area contributed by atoms with Gasteiger partial charge in [-0.3, -0.25) is 0 Å². The van der Waals surface area contributed by atoms with Crippen molar-refractivity contribution in [1.82, 2.24) is 0 Å². The molecule has 0 radical (unpaired) electrons.